The average Bonchev–Trinajstić information content (AvgIpc) is 2.85. The van der Waals surface area contributed by atoms with Gasteiger partial charge in [0.05, 0.1) is 11.1 Å². The topological polar surface area (TPSA) is 42.0 Å². The van der Waals surface area contributed by atoms with Gasteiger partial charge in [-0.25, -0.2) is 0 Å². The summed E-state index contributed by atoms with van der Waals surface area (Å²) in [5.41, 5.74) is 1.22. The van der Waals surface area contributed by atoms with Crippen LogP contribution in [0, 0.1) is 0 Å². The van der Waals surface area contributed by atoms with Crippen LogP contribution in [0.2, 0.25) is 0 Å². The van der Waals surface area contributed by atoms with Crippen molar-refractivity contribution in [3.05, 3.63) is 42.1 Å². The molecule has 3 heteroatoms. The van der Waals surface area contributed by atoms with Crippen molar-refractivity contribution in [1.29, 1.82) is 0 Å². The molecule has 0 radical (unpaired) electrons. The molecule has 1 aromatic carbocycles. The summed E-state index contributed by atoms with van der Waals surface area (Å²) in [7, 11) is 0. The lowest BCUT2D eigenvalue weighted by Crippen LogP contribution is -2.44. The van der Waals surface area contributed by atoms with E-state index in [9.17, 15) is 4.79 Å². The molecule has 3 nitrogen and oxygen atoms in total. The van der Waals surface area contributed by atoms with E-state index in [4.69, 9.17) is 0 Å². The first-order chi connectivity index (χ1) is 8.69. The second kappa shape index (κ2) is 4.18. The van der Waals surface area contributed by atoms with Crippen molar-refractivity contribution < 1.29 is 4.79 Å². The highest BCUT2D eigenvalue weighted by molar-refractivity contribution is 6.04. The van der Waals surface area contributed by atoms with Gasteiger partial charge in [0.15, 0.2) is 5.78 Å². The van der Waals surface area contributed by atoms with Crippen LogP contribution in [-0.2, 0) is 0 Å². The van der Waals surface area contributed by atoms with E-state index in [2.05, 4.69) is 10.3 Å². The summed E-state index contributed by atoms with van der Waals surface area (Å²) in [6.45, 7) is 2.90. The normalized spacial score (nSPS) is 23.4. The number of ketones is 1. The molecule has 1 N–H and O–H groups in total. The summed E-state index contributed by atoms with van der Waals surface area (Å²) in [6.07, 6.45) is 3.65. The number of rotatable bonds is 2. The molecule has 1 fully saturated rings. The first-order valence-corrected chi connectivity index (χ1v) is 6.34. The molecule has 1 unspecified atom stereocenters. The number of hydrogen-bond acceptors (Lipinski definition) is 3. The minimum Gasteiger partial charge on any atom is -0.305 e. The molecule has 0 aliphatic carbocycles. The van der Waals surface area contributed by atoms with Gasteiger partial charge in [-0.15, -0.1) is 0 Å². The fraction of sp³-hybridized carbons (Fsp3) is 0.333. The SMILES string of the molecule is CC1(C(=O)c2cnc3ccccc3c2)CCCN1. The molecule has 0 amide bonds. The number of fused-ring (bicyclic) bond motifs is 1. The minimum atomic E-state index is -0.413. The Morgan fingerprint density at radius 1 is 1.39 bits per heavy atom. The maximum atomic E-state index is 12.5. The zero-order valence-corrected chi connectivity index (χ0v) is 10.4. The van der Waals surface area contributed by atoms with Crippen LogP contribution in [-0.4, -0.2) is 22.9 Å². The molecule has 1 aliphatic heterocycles. The van der Waals surface area contributed by atoms with Gasteiger partial charge in [-0.3, -0.25) is 9.78 Å². The molecule has 0 bridgehead atoms. The molecule has 0 spiro atoms. The van der Waals surface area contributed by atoms with Gasteiger partial charge >= 0.3 is 0 Å². The van der Waals surface area contributed by atoms with Crippen LogP contribution in [0.3, 0.4) is 0 Å². The van der Waals surface area contributed by atoms with E-state index in [1.807, 2.05) is 37.3 Å². The first kappa shape index (κ1) is 11.4. The van der Waals surface area contributed by atoms with Gasteiger partial charge in [0.2, 0.25) is 0 Å². The molecule has 2 heterocycles. The maximum Gasteiger partial charge on any atom is 0.184 e. The van der Waals surface area contributed by atoms with Gasteiger partial charge in [0.25, 0.3) is 0 Å². The molecular weight excluding hydrogens is 224 g/mol. The lowest BCUT2D eigenvalue weighted by atomic mass is 9.90. The molecule has 1 atom stereocenters. The number of carbonyl (C=O) groups is 1. The van der Waals surface area contributed by atoms with Crippen LogP contribution in [0.5, 0.6) is 0 Å². The molecule has 1 aromatic heterocycles. The molecule has 18 heavy (non-hydrogen) atoms. The predicted molar refractivity (Wildman–Crippen MR) is 71.7 cm³/mol. The molecule has 1 aliphatic rings. The Morgan fingerprint density at radius 3 is 3.00 bits per heavy atom. The summed E-state index contributed by atoms with van der Waals surface area (Å²) < 4.78 is 0. The van der Waals surface area contributed by atoms with E-state index in [0.717, 1.165) is 30.3 Å². The number of Topliss-reactive ketones (excluding diaryl/α,β-unsaturated/α-hetero) is 1. The van der Waals surface area contributed by atoms with Gasteiger partial charge in [0.1, 0.15) is 0 Å². The number of hydrogen-bond donors (Lipinski definition) is 1. The highest BCUT2D eigenvalue weighted by Crippen LogP contribution is 2.24. The van der Waals surface area contributed by atoms with E-state index >= 15 is 0 Å². The lowest BCUT2D eigenvalue weighted by molar-refractivity contribution is 0.0884. The van der Waals surface area contributed by atoms with Crippen molar-refractivity contribution in [2.24, 2.45) is 0 Å². The predicted octanol–water partition coefficient (Wildman–Crippen LogP) is 2.56. The van der Waals surface area contributed by atoms with Crippen LogP contribution < -0.4 is 5.32 Å². The van der Waals surface area contributed by atoms with Crippen molar-refractivity contribution in [1.82, 2.24) is 10.3 Å². The Bertz CT molecular complexity index is 600. The maximum absolute atomic E-state index is 12.5. The average molecular weight is 240 g/mol. The first-order valence-electron chi connectivity index (χ1n) is 6.34. The molecule has 3 rings (SSSR count). The monoisotopic (exact) mass is 240 g/mol. The summed E-state index contributed by atoms with van der Waals surface area (Å²) in [5.74, 6) is 0.151. The van der Waals surface area contributed by atoms with Crippen LogP contribution in [0.15, 0.2) is 36.5 Å². The van der Waals surface area contributed by atoms with Crippen LogP contribution in [0.4, 0.5) is 0 Å². The number of para-hydroxylation sites is 1. The molecule has 1 saturated heterocycles. The van der Waals surface area contributed by atoms with Crippen molar-refractivity contribution in [3.8, 4) is 0 Å². The Hall–Kier alpha value is -1.74. The van der Waals surface area contributed by atoms with Crippen molar-refractivity contribution >= 4 is 16.7 Å². The molecule has 0 saturated carbocycles. The van der Waals surface area contributed by atoms with Gasteiger partial charge in [-0.1, -0.05) is 18.2 Å². The van der Waals surface area contributed by atoms with Crippen molar-refractivity contribution in [3.63, 3.8) is 0 Å². The number of carbonyl (C=O) groups excluding carboxylic acids is 1. The Labute approximate surface area is 106 Å². The number of nitrogens with zero attached hydrogens (tertiary/aromatic N) is 1. The number of pyridine rings is 1. The van der Waals surface area contributed by atoms with Gasteiger partial charge in [-0.05, 0) is 38.4 Å². The fourth-order valence-corrected chi connectivity index (χ4v) is 2.60. The Kier molecular flexibility index (Phi) is 2.63. The molecule has 2 aromatic rings. The largest absolute Gasteiger partial charge is 0.305 e. The van der Waals surface area contributed by atoms with E-state index < -0.39 is 5.54 Å². The summed E-state index contributed by atoms with van der Waals surface area (Å²) >= 11 is 0. The second-order valence-electron chi connectivity index (χ2n) is 5.11. The summed E-state index contributed by atoms with van der Waals surface area (Å²) in [4.78, 5) is 16.9. The standard InChI is InChI=1S/C15H16N2O/c1-15(7-4-8-17-15)14(18)12-9-11-5-2-3-6-13(11)16-10-12/h2-3,5-6,9-10,17H,4,7-8H2,1H3. The van der Waals surface area contributed by atoms with E-state index in [0.29, 0.717) is 5.56 Å². The number of nitrogens with one attached hydrogen (secondary N) is 1. The van der Waals surface area contributed by atoms with Gasteiger partial charge in [0, 0.05) is 17.1 Å². The lowest BCUT2D eigenvalue weighted by Gasteiger charge is -2.22. The Balaban J connectivity index is 2.01. The summed E-state index contributed by atoms with van der Waals surface area (Å²) in [6, 6.07) is 9.81. The third kappa shape index (κ3) is 1.81. The van der Waals surface area contributed by atoms with Crippen LogP contribution >= 0.6 is 0 Å². The quantitative estimate of drug-likeness (QED) is 0.820. The molecular formula is C15H16N2O. The van der Waals surface area contributed by atoms with E-state index in [1.54, 1.807) is 6.20 Å². The fourth-order valence-electron chi connectivity index (χ4n) is 2.60. The molecule has 92 valence electrons. The minimum absolute atomic E-state index is 0.151. The van der Waals surface area contributed by atoms with E-state index in [-0.39, 0.29) is 5.78 Å². The number of benzene rings is 1. The van der Waals surface area contributed by atoms with Crippen LogP contribution in [0.1, 0.15) is 30.1 Å². The smallest absolute Gasteiger partial charge is 0.184 e. The zero-order chi connectivity index (χ0) is 12.6. The summed E-state index contributed by atoms with van der Waals surface area (Å²) in [5, 5.41) is 4.32. The van der Waals surface area contributed by atoms with Gasteiger partial charge in [-0.2, -0.15) is 0 Å². The van der Waals surface area contributed by atoms with Crippen molar-refractivity contribution in [2.45, 2.75) is 25.3 Å². The van der Waals surface area contributed by atoms with Crippen molar-refractivity contribution in [2.75, 3.05) is 6.54 Å². The Morgan fingerprint density at radius 2 is 2.22 bits per heavy atom. The third-order valence-corrected chi connectivity index (χ3v) is 3.72. The highest BCUT2D eigenvalue weighted by Gasteiger charge is 2.36. The third-order valence-electron chi connectivity index (χ3n) is 3.72. The second-order valence-corrected chi connectivity index (χ2v) is 5.11. The van der Waals surface area contributed by atoms with E-state index in [1.165, 1.54) is 0 Å². The zero-order valence-electron chi connectivity index (χ0n) is 10.4. The van der Waals surface area contributed by atoms with Crippen LogP contribution in [0.25, 0.3) is 10.9 Å². The highest BCUT2D eigenvalue weighted by atomic mass is 16.1. The van der Waals surface area contributed by atoms with Gasteiger partial charge < -0.3 is 5.32 Å². The number of aromatic nitrogens is 1.